The van der Waals surface area contributed by atoms with Crippen molar-refractivity contribution in [2.45, 2.75) is 40.5 Å². The number of imide groups is 1. The van der Waals surface area contributed by atoms with Gasteiger partial charge in [-0.2, -0.15) is 0 Å². The molecule has 4 nitrogen and oxygen atoms in total. The maximum absolute atomic E-state index is 13.3. The zero-order chi connectivity index (χ0) is 20.3. The van der Waals surface area contributed by atoms with E-state index < -0.39 is 0 Å². The second kappa shape index (κ2) is 8.42. The van der Waals surface area contributed by atoms with Gasteiger partial charge in [-0.25, -0.2) is 0 Å². The standard InChI is InChI=1S/C24H28N2O2/c1-5-7-15-26-23(27)21(19-14-13-17(3)18(4)16-19)22(24(26)28)25(6-2)20-11-9-8-10-12-20/h8-14,16H,5-7,15H2,1-4H3. The summed E-state index contributed by atoms with van der Waals surface area (Å²) < 4.78 is 0. The van der Waals surface area contributed by atoms with Crippen molar-refractivity contribution in [2.75, 3.05) is 18.0 Å². The Labute approximate surface area is 167 Å². The summed E-state index contributed by atoms with van der Waals surface area (Å²) in [5.74, 6) is -0.386. The number of unbranched alkanes of at least 4 members (excludes halogenated alkanes) is 1. The normalized spacial score (nSPS) is 14.2. The average molecular weight is 377 g/mol. The van der Waals surface area contributed by atoms with E-state index in [2.05, 4.69) is 6.92 Å². The fraction of sp³-hybridized carbons (Fsp3) is 0.333. The number of carbonyl (C=O) groups excluding carboxylic acids is 2. The molecule has 2 aromatic carbocycles. The molecule has 0 spiro atoms. The van der Waals surface area contributed by atoms with Crippen LogP contribution in [0.1, 0.15) is 43.4 Å². The van der Waals surface area contributed by atoms with Gasteiger partial charge in [-0.05, 0) is 56.0 Å². The lowest BCUT2D eigenvalue weighted by Gasteiger charge is -2.25. The van der Waals surface area contributed by atoms with Crippen molar-refractivity contribution in [3.8, 4) is 0 Å². The third-order valence-electron chi connectivity index (χ3n) is 5.33. The van der Waals surface area contributed by atoms with Crippen molar-refractivity contribution in [2.24, 2.45) is 0 Å². The SMILES string of the molecule is CCCCN1C(=O)C(c2ccc(C)c(C)c2)=C(N(CC)c2ccccc2)C1=O. The lowest BCUT2D eigenvalue weighted by molar-refractivity contribution is -0.136. The van der Waals surface area contributed by atoms with Gasteiger partial charge in [0.2, 0.25) is 0 Å². The Bertz CT molecular complexity index is 915. The van der Waals surface area contributed by atoms with Crippen LogP contribution in [0.25, 0.3) is 5.57 Å². The van der Waals surface area contributed by atoms with Crippen LogP contribution in [0.4, 0.5) is 5.69 Å². The van der Waals surface area contributed by atoms with E-state index in [1.54, 1.807) is 0 Å². The predicted octanol–water partition coefficient (Wildman–Crippen LogP) is 4.71. The van der Waals surface area contributed by atoms with Gasteiger partial charge in [0.1, 0.15) is 5.70 Å². The highest BCUT2D eigenvalue weighted by atomic mass is 16.2. The molecule has 0 fully saturated rings. The fourth-order valence-corrected chi connectivity index (χ4v) is 3.57. The van der Waals surface area contributed by atoms with Crippen molar-refractivity contribution < 1.29 is 9.59 Å². The lowest BCUT2D eigenvalue weighted by atomic mass is 9.99. The van der Waals surface area contributed by atoms with Crippen LogP contribution in [0.15, 0.2) is 54.2 Å². The molecular formula is C24H28N2O2. The Balaban J connectivity index is 2.17. The fourth-order valence-electron chi connectivity index (χ4n) is 3.57. The van der Waals surface area contributed by atoms with E-state index in [0.717, 1.165) is 29.7 Å². The second-order valence-electron chi connectivity index (χ2n) is 7.22. The Morgan fingerprint density at radius 1 is 0.893 bits per heavy atom. The molecule has 0 saturated heterocycles. The number of anilines is 1. The second-order valence-corrected chi connectivity index (χ2v) is 7.22. The number of rotatable bonds is 7. The number of para-hydroxylation sites is 1. The summed E-state index contributed by atoms with van der Waals surface area (Å²) in [5, 5.41) is 0. The van der Waals surface area contributed by atoms with E-state index in [9.17, 15) is 9.59 Å². The minimum atomic E-state index is -0.197. The molecule has 28 heavy (non-hydrogen) atoms. The summed E-state index contributed by atoms with van der Waals surface area (Å²) in [6, 6.07) is 15.8. The summed E-state index contributed by atoms with van der Waals surface area (Å²) >= 11 is 0. The van der Waals surface area contributed by atoms with Crippen LogP contribution in [0.2, 0.25) is 0 Å². The zero-order valence-corrected chi connectivity index (χ0v) is 17.2. The zero-order valence-electron chi connectivity index (χ0n) is 17.2. The Morgan fingerprint density at radius 3 is 2.21 bits per heavy atom. The quantitative estimate of drug-likeness (QED) is 0.657. The molecule has 0 aromatic heterocycles. The van der Waals surface area contributed by atoms with E-state index in [4.69, 9.17) is 0 Å². The Kier molecular flexibility index (Phi) is 5.98. The highest BCUT2D eigenvalue weighted by Crippen LogP contribution is 2.34. The Morgan fingerprint density at radius 2 is 1.61 bits per heavy atom. The number of nitrogens with zero attached hydrogens (tertiary/aromatic N) is 2. The van der Waals surface area contributed by atoms with Crippen LogP contribution in [0.3, 0.4) is 0 Å². The number of hydrogen-bond donors (Lipinski definition) is 0. The van der Waals surface area contributed by atoms with Crippen LogP contribution in [0.5, 0.6) is 0 Å². The molecule has 2 aromatic rings. The molecular weight excluding hydrogens is 348 g/mol. The maximum Gasteiger partial charge on any atom is 0.278 e. The first kappa shape index (κ1) is 19.9. The van der Waals surface area contributed by atoms with Crippen molar-refractivity contribution >= 4 is 23.1 Å². The Hall–Kier alpha value is -2.88. The van der Waals surface area contributed by atoms with Gasteiger partial charge >= 0.3 is 0 Å². The van der Waals surface area contributed by atoms with Crippen LogP contribution in [-0.2, 0) is 9.59 Å². The lowest BCUT2D eigenvalue weighted by Crippen LogP contribution is -2.36. The van der Waals surface area contributed by atoms with Crippen molar-refractivity contribution in [3.63, 3.8) is 0 Å². The maximum atomic E-state index is 13.3. The third-order valence-corrected chi connectivity index (χ3v) is 5.33. The molecule has 0 saturated carbocycles. The van der Waals surface area contributed by atoms with Gasteiger partial charge in [-0.1, -0.05) is 49.7 Å². The van der Waals surface area contributed by atoms with Crippen LogP contribution in [-0.4, -0.2) is 29.8 Å². The molecule has 1 heterocycles. The first-order valence-electron chi connectivity index (χ1n) is 10.00. The number of benzene rings is 2. The van der Waals surface area contributed by atoms with E-state index in [-0.39, 0.29) is 11.8 Å². The van der Waals surface area contributed by atoms with E-state index >= 15 is 0 Å². The van der Waals surface area contributed by atoms with Crippen LogP contribution in [0, 0.1) is 13.8 Å². The highest BCUT2D eigenvalue weighted by molar-refractivity contribution is 6.36. The summed E-state index contributed by atoms with van der Waals surface area (Å²) in [4.78, 5) is 30.0. The predicted molar refractivity (Wildman–Crippen MR) is 114 cm³/mol. The summed E-state index contributed by atoms with van der Waals surface area (Å²) in [6.07, 6.45) is 1.74. The molecule has 0 N–H and O–H groups in total. The summed E-state index contributed by atoms with van der Waals surface area (Å²) in [5.41, 5.74) is 5.00. The number of amides is 2. The van der Waals surface area contributed by atoms with E-state index in [1.165, 1.54) is 10.5 Å². The highest BCUT2D eigenvalue weighted by Gasteiger charge is 2.41. The largest absolute Gasteiger partial charge is 0.337 e. The average Bonchev–Trinajstić information content (AvgIpc) is 2.94. The first-order valence-corrected chi connectivity index (χ1v) is 10.00. The van der Waals surface area contributed by atoms with E-state index in [1.807, 2.05) is 74.2 Å². The minimum Gasteiger partial charge on any atom is -0.337 e. The molecule has 146 valence electrons. The molecule has 0 bridgehead atoms. The van der Waals surface area contributed by atoms with Crippen molar-refractivity contribution in [1.29, 1.82) is 0 Å². The molecule has 0 radical (unpaired) electrons. The van der Waals surface area contributed by atoms with Gasteiger partial charge < -0.3 is 4.90 Å². The van der Waals surface area contributed by atoms with Crippen LogP contribution < -0.4 is 4.90 Å². The van der Waals surface area contributed by atoms with Crippen molar-refractivity contribution in [1.82, 2.24) is 4.90 Å². The van der Waals surface area contributed by atoms with E-state index in [0.29, 0.717) is 24.4 Å². The molecule has 0 unspecified atom stereocenters. The molecule has 0 aliphatic carbocycles. The number of likely N-dealkylation sites (N-methyl/N-ethyl adjacent to an activating group) is 1. The topological polar surface area (TPSA) is 40.6 Å². The molecule has 0 atom stereocenters. The molecule has 4 heteroatoms. The van der Waals surface area contributed by atoms with Gasteiger partial charge in [0.15, 0.2) is 0 Å². The third kappa shape index (κ3) is 3.59. The summed E-state index contributed by atoms with van der Waals surface area (Å²) in [7, 11) is 0. The molecule has 1 aliphatic rings. The van der Waals surface area contributed by atoms with Gasteiger partial charge in [0, 0.05) is 18.8 Å². The van der Waals surface area contributed by atoms with Gasteiger partial charge in [0.25, 0.3) is 11.8 Å². The number of carbonyl (C=O) groups is 2. The van der Waals surface area contributed by atoms with Gasteiger partial charge in [0.05, 0.1) is 5.57 Å². The number of aryl methyl sites for hydroxylation is 2. The van der Waals surface area contributed by atoms with Crippen molar-refractivity contribution in [3.05, 3.63) is 70.9 Å². The van der Waals surface area contributed by atoms with Gasteiger partial charge in [-0.15, -0.1) is 0 Å². The monoisotopic (exact) mass is 376 g/mol. The van der Waals surface area contributed by atoms with Gasteiger partial charge in [-0.3, -0.25) is 14.5 Å². The summed E-state index contributed by atoms with van der Waals surface area (Å²) in [6.45, 7) is 9.21. The van der Waals surface area contributed by atoms with Crippen LogP contribution >= 0.6 is 0 Å². The smallest absolute Gasteiger partial charge is 0.278 e. The molecule has 3 rings (SSSR count). The molecule has 1 aliphatic heterocycles. The minimum absolute atomic E-state index is 0.189. The first-order chi connectivity index (χ1) is 13.5. The molecule has 2 amide bonds. The number of hydrogen-bond acceptors (Lipinski definition) is 3.